The van der Waals surface area contributed by atoms with Gasteiger partial charge in [0, 0.05) is 25.4 Å². The summed E-state index contributed by atoms with van der Waals surface area (Å²) in [4.78, 5) is 26.7. The van der Waals surface area contributed by atoms with Gasteiger partial charge in [-0.15, -0.1) is 12.3 Å². The Kier molecular flexibility index (Phi) is 4.13. The van der Waals surface area contributed by atoms with E-state index in [-0.39, 0.29) is 23.5 Å². The first kappa shape index (κ1) is 16.0. The molecule has 0 aromatic carbocycles. The molecule has 1 saturated carbocycles. The Balaban J connectivity index is 1.56. The lowest BCUT2D eigenvalue weighted by molar-refractivity contribution is -0.158. The minimum Gasteiger partial charge on any atom is -0.469 e. The van der Waals surface area contributed by atoms with Crippen LogP contribution in [0.3, 0.4) is 0 Å². The summed E-state index contributed by atoms with van der Waals surface area (Å²) in [5.74, 6) is 2.62. The number of terminal acetylenes is 1. The van der Waals surface area contributed by atoms with Crippen LogP contribution in [-0.2, 0) is 14.3 Å². The fourth-order valence-electron chi connectivity index (χ4n) is 3.88. The zero-order valence-corrected chi connectivity index (χ0v) is 13.6. The summed E-state index contributed by atoms with van der Waals surface area (Å²) in [7, 11) is 1.39. The van der Waals surface area contributed by atoms with Crippen LogP contribution in [0.1, 0.15) is 44.9 Å². The summed E-state index contributed by atoms with van der Waals surface area (Å²) in [5, 5.41) is 8.20. The predicted octanol–water partition coefficient (Wildman–Crippen LogP) is 2.14. The maximum Gasteiger partial charge on any atom is 0.312 e. The van der Waals surface area contributed by atoms with Crippen LogP contribution in [-0.4, -0.2) is 42.6 Å². The number of hydrogen-bond acceptors (Lipinski definition) is 5. The monoisotopic (exact) mass is 317 g/mol. The molecule has 2 aliphatic heterocycles. The zero-order chi connectivity index (χ0) is 16.5. The van der Waals surface area contributed by atoms with Crippen molar-refractivity contribution in [1.82, 2.24) is 4.90 Å². The molecule has 124 valence electrons. The molecule has 3 rings (SSSR count). The number of amides is 1. The molecule has 0 bridgehead atoms. The molecule has 2 fully saturated rings. The van der Waals surface area contributed by atoms with Gasteiger partial charge in [0.1, 0.15) is 0 Å². The van der Waals surface area contributed by atoms with E-state index in [9.17, 15) is 9.59 Å². The van der Waals surface area contributed by atoms with Crippen LogP contribution >= 0.6 is 0 Å². The van der Waals surface area contributed by atoms with Gasteiger partial charge in [-0.05, 0) is 38.5 Å². The number of nitrogens with zero attached hydrogens (tertiary/aromatic N) is 3. The van der Waals surface area contributed by atoms with Crippen LogP contribution in [0, 0.1) is 23.7 Å². The van der Waals surface area contributed by atoms with E-state index in [0.29, 0.717) is 32.4 Å². The summed E-state index contributed by atoms with van der Waals surface area (Å²) in [6.45, 7) is 1.15. The quantitative estimate of drug-likeness (QED) is 0.591. The number of methoxy groups -OCH3 is 1. The fraction of sp³-hybridized carbons (Fsp3) is 0.765. The maximum atomic E-state index is 12.7. The first-order chi connectivity index (χ1) is 11.0. The smallest absolute Gasteiger partial charge is 0.312 e. The van der Waals surface area contributed by atoms with Gasteiger partial charge < -0.3 is 9.64 Å². The van der Waals surface area contributed by atoms with Crippen molar-refractivity contribution in [2.75, 3.05) is 20.2 Å². The van der Waals surface area contributed by atoms with Crippen molar-refractivity contribution in [2.45, 2.75) is 50.6 Å². The molecule has 1 spiro atoms. The second-order valence-corrected chi connectivity index (χ2v) is 6.93. The van der Waals surface area contributed by atoms with Gasteiger partial charge in [0.2, 0.25) is 5.91 Å². The van der Waals surface area contributed by atoms with Crippen LogP contribution in [0.5, 0.6) is 0 Å². The molecule has 0 aromatic rings. The minimum atomic E-state index is -0.622. The second-order valence-electron chi connectivity index (χ2n) is 6.93. The van der Waals surface area contributed by atoms with Gasteiger partial charge in [-0.1, -0.05) is 0 Å². The molecule has 23 heavy (non-hydrogen) atoms. The molecule has 2 heterocycles. The standard InChI is InChI=1S/C17H23N3O3/c1-3-6-16(15(22)23-2)9-11-20(12-10-16)14(21)13-4-7-17(8-5-13)18-19-17/h1,13H,4-12H2,2H3. The van der Waals surface area contributed by atoms with Gasteiger partial charge in [0.15, 0.2) is 5.66 Å². The minimum absolute atomic E-state index is 0.0740. The lowest BCUT2D eigenvalue weighted by Crippen LogP contribution is -2.49. The molecule has 1 amide bonds. The van der Waals surface area contributed by atoms with E-state index in [1.165, 1.54) is 7.11 Å². The van der Waals surface area contributed by atoms with Crippen molar-refractivity contribution in [1.29, 1.82) is 0 Å². The molecular weight excluding hydrogens is 294 g/mol. The number of likely N-dealkylation sites (tertiary alicyclic amines) is 1. The highest BCUT2D eigenvalue weighted by molar-refractivity contribution is 5.81. The highest BCUT2D eigenvalue weighted by atomic mass is 16.5. The molecule has 0 unspecified atom stereocenters. The van der Waals surface area contributed by atoms with Crippen LogP contribution in [0.25, 0.3) is 0 Å². The van der Waals surface area contributed by atoms with Crippen molar-refractivity contribution in [3.63, 3.8) is 0 Å². The molecule has 1 aliphatic carbocycles. The molecule has 1 saturated heterocycles. The summed E-state index contributed by atoms with van der Waals surface area (Å²) in [6.07, 6.45) is 10.4. The summed E-state index contributed by atoms with van der Waals surface area (Å²) >= 11 is 0. The van der Waals surface area contributed by atoms with E-state index in [2.05, 4.69) is 16.1 Å². The van der Waals surface area contributed by atoms with Gasteiger partial charge in [-0.2, -0.15) is 10.2 Å². The van der Waals surface area contributed by atoms with Gasteiger partial charge in [-0.25, -0.2) is 0 Å². The third kappa shape index (κ3) is 2.97. The molecule has 6 nitrogen and oxygen atoms in total. The average molecular weight is 317 g/mol. The van der Waals surface area contributed by atoms with E-state index in [0.717, 1.165) is 25.7 Å². The van der Waals surface area contributed by atoms with E-state index < -0.39 is 5.41 Å². The third-order valence-electron chi connectivity index (χ3n) is 5.61. The lowest BCUT2D eigenvalue weighted by atomic mass is 9.75. The number of esters is 1. The molecule has 0 radical (unpaired) electrons. The van der Waals surface area contributed by atoms with Crippen molar-refractivity contribution in [3.8, 4) is 12.3 Å². The number of piperidine rings is 1. The Morgan fingerprint density at radius 3 is 2.30 bits per heavy atom. The van der Waals surface area contributed by atoms with E-state index in [1.54, 1.807) is 0 Å². The average Bonchev–Trinajstić information content (AvgIpc) is 3.34. The van der Waals surface area contributed by atoms with Crippen LogP contribution in [0.2, 0.25) is 0 Å². The normalized spacial score (nSPS) is 25.0. The van der Waals surface area contributed by atoms with Gasteiger partial charge in [0.25, 0.3) is 0 Å². The van der Waals surface area contributed by atoms with Crippen LogP contribution < -0.4 is 0 Å². The van der Waals surface area contributed by atoms with Crippen LogP contribution in [0.15, 0.2) is 10.2 Å². The van der Waals surface area contributed by atoms with Gasteiger partial charge >= 0.3 is 5.97 Å². The number of rotatable bonds is 3. The Hall–Kier alpha value is -1.90. The van der Waals surface area contributed by atoms with Crippen LogP contribution in [0.4, 0.5) is 0 Å². The van der Waals surface area contributed by atoms with E-state index in [1.807, 2.05) is 4.90 Å². The predicted molar refractivity (Wildman–Crippen MR) is 83.3 cm³/mol. The largest absolute Gasteiger partial charge is 0.469 e. The maximum absolute atomic E-state index is 12.7. The number of carbonyl (C=O) groups is 2. The molecule has 3 aliphatic rings. The Morgan fingerprint density at radius 2 is 1.83 bits per heavy atom. The zero-order valence-electron chi connectivity index (χ0n) is 13.6. The fourth-order valence-corrected chi connectivity index (χ4v) is 3.88. The molecule has 0 N–H and O–H groups in total. The topological polar surface area (TPSA) is 71.3 Å². The second kappa shape index (κ2) is 5.95. The third-order valence-corrected chi connectivity index (χ3v) is 5.61. The van der Waals surface area contributed by atoms with Crippen molar-refractivity contribution in [3.05, 3.63) is 0 Å². The SMILES string of the molecule is C#CCC1(C(=O)OC)CCN(C(=O)C2CCC3(CC2)N=N3)CC1. The van der Waals surface area contributed by atoms with E-state index >= 15 is 0 Å². The highest BCUT2D eigenvalue weighted by Gasteiger charge is 2.47. The number of carbonyl (C=O) groups excluding carboxylic acids is 2. The summed E-state index contributed by atoms with van der Waals surface area (Å²) in [6, 6.07) is 0. The van der Waals surface area contributed by atoms with Crippen molar-refractivity contribution < 1.29 is 14.3 Å². The number of ether oxygens (including phenoxy) is 1. The lowest BCUT2D eigenvalue weighted by Gasteiger charge is -2.40. The number of hydrogen-bond donors (Lipinski definition) is 0. The summed E-state index contributed by atoms with van der Waals surface area (Å²) < 4.78 is 4.93. The molecule has 6 heteroatoms. The molecule has 0 aromatic heterocycles. The Morgan fingerprint density at radius 1 is 1.22 bits per heavy atom. The van der Waals surface area contributed by atoms with Gasteiger partial charge in [-0.3, -0.25) is 9.59 Å². The first-order valence-corrected chi connectivity index (χ1v) is 8.29. The van der Waals surface area contributed by atoms with Gasteiger partial charge in [0.05, 0.1) is 12.5 Å². The molecule has 0 atom stereocenters. The van der Waals surface area contributed by atoms with Crippen molar-refractivity contribution in [2.24, 2.45) is 21.6 Å². The summed E-state index contributed by atoms with van der Waals surface area (Å²) in [5.41, 5.74) is -0.756. The van der Waals surface area contributed by atoms with Crippen molar-refractivity contribution >= 4 is 11.9 Å². The Bertz CT molecular complexity index is 554. The highest BCUT2D eigenvalue weighted by Crippen LogP contribution is 2.45. The first-order valence-electron chi connectivity index (χ1n) is 8.29. The van der Waals surface area contributed by atoms with E-state index in [4.69, 9.17) is 11.2 Å². The Labute approximate surface area is 136 Å². The molecular formula is C17H23N3O3.